The predicted octanol–water partition coefficient (Wildman–Crippen LogP) is 0.409. The van der Waals surface area contributed by atoms with Gasteiger partial charge in [0.1, 0.15) is 0 Å². The monoisotopic (exact) mass is 161 g/mol. The molecule has 3 nitrogen and oxygen atoms in total. The zero-order chi connectivity index (χ0) is 8.48. The van der Waals surface area contributed by atoms with Crippen LogP contribution in [0.4, 0.5) is 4.39 Å². The number of carbonyl (C=O) groups is 1. The fraction of sp³-hybridized carbons (Fsp3) is 0.857. The highest BCUT2D eigenvalue weighted by atomic mass is 19.1. The second-order valence-electron chi connectivity index (χ2n) is 3.07. The van der Waals surface area contributed by atoms with Gasteiger partial charge in [0, 0.05) is 12.5 Å². The molecular formula is C7H12FNO2. The molecule has 1 unspecified atom stereocenters. The highest BCUT2D eigenvalue weighted by Gasteiger charge is 2.42. The van der Waals surface area contributed by atoms with Crippen LogP contribution < -0.4 is 5.32 Å². The van der Waals surface area contributed by atoms with Crippen molar-refractivity contribution in [1.29, 1.82) is 0 Å². The summed E-state index contributed by atoms with van der Waals surface area (Å²) in [6.45, 7) is 2.32. The summed E-state index contributed by atoms with van der Waals surface area (Å²) < 4.78 is 13.3. The average Bonchev–Trinajstić information content (AvgIpc) is 2.37. The molecule has 1 heterocycles. The maximum Gasteiger partial charge on any atom is 0.341 e. The summed E-state index contributed by atoms with van der Waals surface area (Å²) in [6, 6.07) is 0. The molecule has 64 valence electrons. The molecule has 0 aromatic heterocycles. The van der Waals surface area contributed by atoms with Gasteiger partial charge in [-0.1, -0.05) is 0 Å². The molecule has 1 aliphatic rings. The van der Waals surface area contributed by atoms with Crippen LogP contribution in [-0.4, -0.2) is 29.8 Å². The summed E-state index contributed by atoms with van der Waals surface area (Å²) in [5, 5.41) is 11.4. The van der Waals surface area contributed by atoms with Gasteiger partial charge >= 0.3 is 5.97 Å². The van der Waals surface area contributed by atoms with E-state index in [1.54, 1.807) is 0 Å². The van der Waals surface area contributed by atoms with Crippen LogP contribution >= 0.6 is 0 Å². The lowest BCUT2D eigenvalue weighted by molar-refractivity contribution is -0.153. The van der Waals surface area contributed by atoms with Gasteiger partial charge in [-0.3, -0.25) is 0 Å². The number of carboxylic acid groups (broad SMARTS) is 1. The minimum absolute atomic E-state index is 0.375. The maximum absolute atomic E-state index is 13.3. The first-order valence-electron chi connectivity index (χ1n) is 3.68. The molecule has 1 saturated heterocycles. The lowest BCUT2D eigenvalue weighted by Gasteiger charge is -2.21. The molecule has 2 N–H and O–H groups in total. The number of nitrogens with one attached hydrogen (secondary N) is 1. The summed E-state index contributed by atoms with van der Waals surface area (Å²) in [7, 11) is 0. The molecule has 0 aliphatic carbocycles. The number of carboxylic acids is 1. The molecule has 11 heavy (non-hydrogen) atoms. The number of rotatable bonds is 2. The molecule has 0 spiro atoms. The molecule has 0 amide bonds. The first-order valence-corrected chi connectivity index (χ1v) is 3.68. The van der Waals surface area contributed by atoms with Crippen molar-refractivity contribution in [3.05, 3.63) is 0 Å². The van der Waals surface area contributed by atoms with Crippen LogP contribution in [0.1, 0.15) is 13.3 Å². The second kappa shape index (κ2) is 2.77. The van der Waals surface area contributed by atoms with Gasteiger partial charge in [-0.25, -0.2) is 9.18 Å². The van der Waals surface area contributed by atoms with E-state index in [9.17, 15) is 9.18 Å². The molecule has 1 fully saturated rings. The minimum atomic E-state index is -2.07. The Morgan fingerprint density at radius 3 is 2.82 bits per heavy atom. The topological polar surface area (TPSA) is 49.3 Å². The number of alkyl halides is 1. The van der Waals surface area contributed by atoms with E-state index in [-0.39, 0.29) is 5.92 Å². The van der Waals surface area contributed by atoms with Gasteiger partial charge in [0.15, 0.2) is 0 Å². The summed E-state index contributed by atoms with van der Waals surface area (Å²) >= 11 is 0. The van der Waals surface area contributed by atoms with Gasteiger partial charge < -0.3 is 10.4 Å². The lowest BCUT2D eigenvalue weighted by Crippen LogP contribution is -2.39. The van der Waals surface area contributed by atoms with Gasteiger partial charge in [-0.05, 0) is 19.9 Å². The van der Waals surface area contributed by atoms with Crippen LogP contribution in [0.5, 0.6) is 0 Å². The van der Waals surface area contributed by atoms with E-state index < -0.39 is 11.6 Å². The third-order valence-electron chi connectivity index (χ3n) is 2.25. The SMILES string of the molecule is CC(F)(C(=O)O)[C@H]1CCNC1. The fourth-order valence-corrected chi connectivity index (χ4v) is 1.29. The summed E-state index contributed by atoms with van der Waals surface area (Å²) in [5.74, 6) is -1.73. The third kappa shape index (κ3) is 1.50. The molecule has 1 aliphatic heterocycles. The lowest BCUT2D eigenvalue weighted by atomic mass is 9.90. The van der Waals surface area contributed by atoms with Crippen molar-refractivity contribution in [3.63, 3.8) is 0 Å². The molecule has 0 radical (unpaired) electrons. The maximum atomic E-state index is 13.3. The Balaban J connectivity index is 2.62. The first kappa shape index (κ1) is 8.46. The predicted molar refractivity (Wildman–Crippen MR) is 38.1 cm³/mol. The molecule has 1 rings (SSSR count). The van der Waals surface area contributed by atoms with Gasteiger partial charge in [0.25, 0.3) is 0 Å². The van der Waals surface area contributed by atoms with Crippen molar-refractivity contribution in [2.45, 2.75) is 19.0 Å². The molecule has 0 aromatic carbocycles. The molecule has 2 atom stereocenters. The van der Waals surface area contributed by atoms with Crippen molar-refractivity contribution in [1.82, 2.24) is 5.32 Å². The number of hydrogen-bond donors (Lipinski definition) is 2. The van der Waals surface area contributed by atoms with Crippen molar-refractivity contribution in [2.75, 3.05) is 13.1 Å². The first-order chi connectivity index (χ1) is 5.05. The van der Waals surface area contributed by atoms with E-state index in [0.717, 1.165) is 13.5 Å². The van der Waals surface area contributed by atoms with Crippen LogP contribution in [-0.2, 0) is 4.79 Å². The third-order valence-corrected chi connectivity index (χ3v) is 2.25. The molecule has 0 saturated carbocycles. The van der Waals surface area contributed by atoms with E-state index in [1.807, 2.05) is 0 Å². The van der Waals surface area contributed by atoms with Crippen LogP contribution in [0.3, 0.4) is 0 Å². The summed E-state index contributed by atoms with van der Waals surface area (Å²) in [6.07, 6.45) is 0.610. The zero-order valence-electron chi connectivity index (χ0n) is 6.43. The van der Waals surface area contributed by atoms with Crippen molar-refractivity contribution in [3.8, 4) is 0 Å². The molecular weight excluding hydrogens is 149 g/mol. The van der Waals surface area contributed by atoms with E-state index in [1.165, 1.54) is 0 Å². The summed E-state index contributed by atoms with van der Waals surface area (Å²) in [4.78, 5) is 10.4. The standard InChI is InChI=1S/C7H12FNO2/c1-7(8,6(10)11)5-2-3-9-4-5/h5,9H,2-4H2,1H3,(H,10,11)/t5-,7?/m0/s1. The van der Waals surface area contributed by atoms with Crippen LogP contribution in [0.15, 0.2) is 0 Å². The highest BCUT2D eigenvalue weighted by molar-refractivity contribution is 5.77. The number of aliphatic carboxylic acids is 1. The molecule has 4 heteroatoms. The Morgan fingerprint density at radius 2 is 2.45 bits per heavy atom. The Bertz CT molecular complexity index is 164. The fourth-order valence-electron chi connectivity index (χ4n) is 1.29. The number of halogens is 1. The van der Waals surface area contributed by atoms with E-state index in [4.69, 9.17) is 5.11 Å². The quantitative estimate of drug-likeness (QED) is 0.616. The van der Waals surface area contributed by atoms with Gasteiger partial charge in [-0.15, -0.1) is 0 Å². The van der Waals surface area contributed by atoms with Gasteiger partial charge in [0.2, 0.25) is 5.67 Å². The van der Waals surface area contributed by atoms with Crippen molar-refractivity contribution < 1.29 is 14.3 Å². The summed E-state index contributed by atoms with van der Waals surface area (Å²) in [5.41, 5.74) is -2.07. The number of hydrogen-bond acceptors (Lipinski definition) is 2. The molecule has 0 aromatic rings. The van der Waals surface area contributed by atoms with Gasteiger partial charge in [-0.2, -0.15) is 0 Å². The van der Waals surface area contributed by atoms with Crippen molar-refractivity contribution >= 4 is 5.97 Å². The van der Waals surface area contributed by atoms with E-state index in [2.05, 4.69) is 5.32 Å². The molecule has 0 bridgehead atoms. The van der Waals surface area contributed by atoms with E-state index in [0.29, 0.717) is 13.0 Å². The van der Waals surface area contributed by atoms with Crippen LogP contribution in [0.2, 0.25) is 0 Å². The smallest absolute Gasteiger partial charge is 0.341 e. The van der Waals surface area contributed by atoms with Crippen LogP contribution in [0.25, 0.3) is 0 Å². The van der Waals surface area contributed by atoms with Crippen molar-refractivity contribution in [2.24, 2.45) is 5.92 Å². The van der Waals surface area contributed by atoms with Crippen LogP contribution in [0, 0.1) is 5.92 Å². The second-order valence-corrected chi connectivity index (χ2v) is 3.07. The highest BCUT2D eigenvalue weighted by Crippen LogP contribution is 2.27. The van der Waals surface area contributed by atoms with Gasteiger partial charge in [0.05, 0.1) is 0 Å². The Hall–Kier alpha value is -0.640. The minimum Gasteiger partial charge on any atom is -0.479 e. The zero-order valence-corrected chi connectivity index (χ0v) is 6.43. The van der Waals surface area contributed by atoms with E-state index >= 15 is 0 Å². The Labute approximate surface area is 64.6 Å². The Kier molecular flexibility index (Phi) is 2.13. The largest absolute Gasteiger partial charge is 0.479 e. The normalized spacial score (nSPS) is 29.8. The average molecular weight is 161 g/mol. The Morgan fingerprint density at radius 1 is 1.82 bits per heavy atom.